The highest BCUT2D eigenvalue weighted by Gasteiger charge is 2.47. The zero-order chi connectivity index (χ0) is 14.9. The van der Waals surface area contributed by atoms with Gasteiger partial charge in [0.15, 0.2) is 0 Å². The largest absolute Gasteiger partial charge is 0.392 e. The van der Waals surface area contributed by atoms with E-state index >= 15 is 0 Å². The molecule has 3 unspecified atom stereocenters. The number of nitrogens with zero attached hydrogens (tertiary/aromatic N) is 1. The predicted molar refractivity (Wildman–Crippen MR) is 86.1 cm³/mol. The Morgan fingerprint density at radius 1 is 1.29 bits per heavy atom. The van der Waals surface area contributed by atoms with Crippen LogP contribution in [0, 0.1) is 5.41 Å². The predicted octanol–water partition coefficient (Wildman–Crippen LogP) is 2.40. The lowest BCUT2D eigenvalue weighted by Crippen LogP contribution is -2.63. The highest BCUT2D eigenvalue weighted by molar-refractivity contribution is 5.14. The van der Waals surface area contributed by atoms with Crippen molar-refractivity contribution in [2.75, 3.05) is 13.1 Å². The van der Waals surface area contributed by atoms with Crippen LogP contribution in [0.5, 0.6) is 0 Å². The molecule has 3 atom stereocenters. The second-order valence-electron chi connectivity index (χ2n) is 7.35. The fraction of sp³-hybridized carbons (Fsp3) is 0.667. The standard InChI is InChI=1S/C18H28N2O/c1-18(2)16(11-17(18)21)19-15-9-6-10-20(13-15)12-14-7-4-3-5-8-14/h3-5,7-8,15-17,19,21H,6,9-13H2,1-2H3. The van der Waals surface area contributed by atoms with Crippen LogP contribution in [0.25, 0.3) is 0 Å². The number of hydrogen-bond donors (Lipinski definition) is 2. The molecule has 1 aliphatic heterocycles. The van der Waals surface area contributed by atoms with E-state index in [1.807, 2.05) is 0 Å². The zero-order valence-corrected chi connectivity index (χ0v) is 13.3. The third kappa shape index (κ3) is 3.31. The van der Waals surface area contributed by atoms with Crippen LogP contribution in [-0.2, 0) is 6.54 Å². The Bertz CT molecular complexity index is 460. The maximum absolute atomic E-state index is 9.87. The Labute approximate surface area is 128 Å². The van der Waals surface area contributed by atoms with E-state index in [0.717, 1.165) is 19.5 Å². The summed E-state index contributed by atoms with van der Waals surface area (Å²) < 4.78 is 0. The Morgan fingerprint density at radius 2 is 2.05 bits per heavy atom. The molecule has 1 aliphatic carbocycles. The summed E-state index contributed by atoms with van der Waals surface area (Å²) in [6, 6.07) is 11.8. The normalized spacial score (nSPS) is 32.6. The van der Waals surface area contributed by atoms with Gasteiger partial charge in [-0.3, -0.25) is 4.90 Å². The van der Waals surface area contributed by atoms with Gasteiger partial charge in [0, 0.05) is 30.6 Å². The van der Waals surface area contributed by atoms with Crippen molar-refractivity contribution < 1.29 is 5.11 Å². The fourth-order valence-corrected chi connectivity index (χ4v) is 3.65. The van der Waals surface area contributed by atoms with Crippen LogP contribution in [0.3, 0.4) is 0 Å². The first kappa shape index (κ1) is 15.0. The van der Waals surface area contributed by atoms with Crippen LogP contribution >= 0.6 is 0 Å². The van der Waals surface area contributed by atoms with Gasteiger partial charge < -0.3 is 10.4 Å². The first-order chi connectivity index (χ1) is 10.1. The average Bonchev–Trinajstić information content (AvgIpc) is 2.48. The van der Waals surface area contributed by atoms with Gasteiger partial charge in [-0.2, -0.15) is 0 Å². The summed E-state index contributed by atoms with van der Waals surface area (Å²) >= 11 is 0. The van der Waals surface area contributed by atoms with Crippen LogP contribution < -0.4 is 5.32 Å². The van der Waals surface area contributed by atoms with Crippen LogP contribution in [0.15, 0.2) is 30.3 Å². The zero-order valence-electron chi connectivity index (χ0n) is 13.3. The van der Waals surface area contributed by atoms with E-state index in [-0.39, 0.29) is 11.5 Å². The van der Waals surface area contributed by atoms with E-state index in [1.54, 1.807) is 0 Å². The number of benzene rings is 1. The molecule has 1 heterocycles. The van der Waals surface area contributed by atoms with E-state index in [9.17, 15) is 5.11 Å². The Hall–Kier alpha value is -0.900. The van der Waals surface area contributed by atoms with Crippen LogP contribution in [0.1, 0.15) is 38.7 Å². The molecule has 0 spiro atoms. The molecule has 0 bridgehead atoms. The first-order valence-electron chi connectivity index (χ1n) is 8.26. The highest BCUT2D eigenvalue weighted by Crippen LogP contribution is 2.40. The van der Waals surface area contributed by atoms with Crippen molar-refractivity contribution in [1.29, 1.82) is 0 Å². The number of likely N-dealkylation sites (tertiary alicyclic amines) is 1. The summed E-state index contributed by atoms with van der Waals surface area (Å²) in [5.74, 6) is 0. The van der Waals surface area contributed by atoms with Crippen LogP contribution in [0.4, 0.5) is 0 Å². The molecule has 3 heteroatoms. The van der Waals surface area contributed by atoms with Gasteiger partial charge in [0.05, 0.1) is 6.10 Å². The van der Waals surface area contributed by atoms with Crippen molar-refractivity contribution in [3.05, 3.63) is 35.9 Å². The molecule has 2 N–H and O–H groups in total. The SMILES string of the molecule is CC1(C)C(O)CC1NC1CCCN(Cc2ccccc2)C1. The molecular formula is C18H28N2O. The van der Waals surface area contributed by atoms with Crippen LogP contribution in [-0.4, -0.2) is 41.3 Å². The van der Waals surface area contributed by atoms with Gasteiger partial charge in [0.25, 0.3) is 0 Å². The summed E-state index contributed by atoms with van der Waals surface area (Å²) in [6.45, 7) is 7.71. The smallest absolute Gasteiger partial charge is 0.0621 e. The van der Waals surface area contributed by atoms with E-state index in [4.69, 9.17) is 0 Å². The summed E-state index contributed by atoms with van der Waals surface area (Å²) in [6.07, 6.45) is 3.29. The molecule has 1 aromatic carbocycles. The minimum absolute atomic E-state index is 0.0295. The molecule has 1 saturated heterocycles. The maximum Gasteiger partial charge on any atom is 0.0621 e. The molecule has 116 valence electrons. The second kappa shape index (κ2) is 6.07. The molecule has 0 amide bonds. The van der Waals surface area contributed by atoms with Gasteiger partial charge in [-0.1, -0.05) is 44.2 Å². The van der Waals surface area contributed by atoms with E-state index in [0.29, 0.717) is 12.1 Å². The molecule has 3 rings (SSSR count). The molecule has 3 nitrogen and oxygen atoms in total. The fourth-order valence-electron chi connectivity index (χ4n) is 3.65. The molecular weight excluding hydrogens is 260 g/mol. The quantitative estimate of drug-likeness (QED) is 0.893. The van der Waals surface area contributed by atoms with Crippen molar-refractivity contribution in [2.24, 2.45) is 5.41 Å². The molecule has 1 aromatic rings. The average molecular weight is 288 g/mol. The third-order valence-corrected chi connectivity index (χ3v) is 5.41. The molecule has 2 aliphatic rings. The van der Waals surface area contributed by atoms with Gasteiger partial charge in [0.1, 0.15) is 0 Å². The Kier molecular flexibility index (Phi) is 4.34. The minimum atomic E-state index is -0.140. The summed E-state index contributed by atoms with van der Waals surface area (Å²) in [5, 5.41) is 13.7. The number of aliphatic hydroxyl groups is 1. The third-order valence-electron chi connectivity index (χ3n) is 5.41. The molecule has 2 fully saturated rings. The lowest BCUT2D eigenvalue weighted by atomic mass is 9.64. The van der Waals surface area contributed by atoms with Gasteiger partial charge in [0.2, 0.25) is 0 Å². The number of hydrogen-bond acceptors (Lipinski definition) is 3. The number of piperidine rings is 1. The minimum Gasteiger partial charge on any atom is -0.392 e. The Balaban J connectivity index is 1.52. The van der Waals surface area contributed by atoms with Crippen molar-refractivity contribution in [3.63, 3.8) is 0 Å². The number of nitrogens with one attached hydrogen (secondary N) is 1. The van der Waals surface area contributed by atoms with E-state index < -0.39 is 0 Å². The lowest BCUT2D eigenvalue weighted by Gasteiger charge is -2.51. The van der Waals surface area contributed by atoms with Crippen molar-refractivity contribution in [2.45, 2.75) is 57.8 Å². The van der Waals surface area contributed by atoms with Crippen molar-refractivity contribution >= 4 is 0 Å². The maximum atomic E-state index is 9.87. The molecule has 1 saturated carbocycles. The topological polar surface area (TPSA) is 35.5 Å². The monoisotopic (exact) mass is 288 g/mol. The molecule has 21 heavy (non-hydrogen) atoms. The summed E-state index contributed by atoms with van der Waals surface area (Å²) in [4.78, 5) is 2.55. The van der Waals surface area contributed by atoms with Gasteiger partial charge in [-0.25, -0.2) is 0 Å². The number of aliphatic hydroxyl groups excluding tert-OH is 1. The van der Waals surface area contributed by atoms with Gasteiger partial charge >= 0.3 is 0 Å². The lowest BCUT2D eigenvalue weighted by molar-refractivity contribution is -0.0782. The van der Waals surface area contributed by atoms with Crippen molar-refractivity contribution in [3.8, 4) is 0 Å². The second-order valence-corrected chi connectivity index (χ2v) is 7.35. The van der Waals surface area contributed by atoms with Crippen LogP contribution in [0.2, 0.25) is 0 Å². The Morgan fingerprint density at radius 3 is 2.71 bits per heavy atom. The van der Waals surface area contributed by atoms with Gasteiger partial charge in [-0.15, -0.1) is 0 Å². The van der Waals surface area contributed by atoms with Crippen molar-refractivity contribution in [1.82, 2.24) is 10.2 Å². The molecule has 0 aromatic heterocycles. The summed E-state index contributed by atoms with van der Waals surface area (Å²) in [5.41, 5.74) is 1.43. The number of rotatable bonds is 4. The van der Waals surface area contributed by atoms with Gasteiger partial charge in [-0.05, 0) is 31.4 Å². The first-order valence-corrected chi connectivity index (χ1v) is 8.26. The molecule has 0 radical (unpaired) electrons. The van der Waals surface area contributed by atoms with E-state index in [2.05, 4.69) is 54.4 Å². The highest BCUT2D eigenvalue weighted by atomic mass is 16.3. The van der Waals surface area contributed by atoms with E-state index in [1.165, 1.54) is 24.9 Å². The summed E-state index contributed by atoms with van der Waals surface area (Å²) in [7, 11) is 0.